The van der Waals surface area contributed by atoms with E-state index in [1.54, 1.807) is 24.7 Å². The molecule has 17 heavy (non-hydrogen) atoms. The molecule has 0 atom stereocenters. The van der Waals surface area contributed by atoms with Crippen LogP contribution in [0.1, 0.15) is 0 Å². The maximum atomic E-state index is 13.3. The normalized spacial score (nSPS) is 10.9. The highest BCUT2D eigenvalue weighted by Gasteiger charge is 2.09. The molecule has 0 aliphatic rings. The van der Waals surface area contributed by atoms with Gasteiger partial charge < -0.3 is 4.98 Å². The molecule has 4 nitrogen and oxygen atoms in total. The van der Waals surface area contributed by atoms with E-state index in [0.29, 0.717) is 27.0 Å². The molecule has 84 valence electrons. The van der Waals surface area contributed by atoms with Crippen molar-refractivity contribution in [2.45, 2.75) is 0 Å². The SMILES string of the molecule is Fc1cc2[nH]c(-c3cnccn3)nc2cc1Br. The van der Waals surface area contributed by atoms with E-state index < -0.39 is 0 Å². The first-order valence-electron chi connectivity index (χ1n) is 4.85. The molecule has 0 radical (unpaired) electrons. The van der Waals surface area contributed by atoms with Crippen molar-refractivity contribution in [2.24, 2.45) is 0 Å². The Morgan fingerprint density at radius 2 is 2.12 bits per heavy atom. The second-order valence-electron chi connectivity index (χ2n) is 3.46. The molecule has 1 aromatic carbocycles. The number of aromatic amines is 1. The van der Waals surface area contributed by atoms with Crippen molar-refractivity contribution in [1.82, 2.24) is 19.9 Å². The van der Waals surface area contributed by atoms with Crippen LogP contribution in [0.4, 0.5) is 4.39 Å². The van der Waals surface area contributed by atoms with Gasteiger partial charge in [-0.1, -0.05) is 0 Å². The molecule has 0 amide bonds. The van der Waals surface area contributed by atoms with Crippen LogP contribution >= 0.6 is 15.9 Å². The minimum Gasteiger partial charge on any atom is -0.337 e. The Morgan fingerprint density at radius 1 is 1.24 bits per heavy atom. The lowest BCUT2D eigenvalue weighted by atomic mass is 10.3. The van der Waals surface area contributed by atoms with Gasteiger partial charge in [0.25, 0.3) is 0 Å². The van der Waals surface area contributed by atoms with E-state index in [4.69, 9.17) is 0 Å². The number of hydrogen-bond acceptors (Lipinski definition) is 3. The Hall–Kier alpha value is -1.82. The summed E-state index contributed by atoms with van der Waals surface area (Å²) in [7, 11) is 0. The summed E-state index contributed by atoms with van der Waals surface area (Å²) >= 11 is 3.12. The predicted octanol–water partition coefficient (Wildman–Crippen LogP) is 2.92. The number of nitrogens with one attached hydrogen (secondary N) is 1. The number of benzene rings is 1. The molecule has 0 unspecified atom stereocenters. The molecule has 0 saturated heterocycles. The zero-order valence-electron chi connectivity index (χ0n) is 8.48. The number of imidazole rings is 1. The number of hydrogen-bond donors (Lipinski definition) is 1. The van der Waals surface area contributed by atoms with Crippen molar-refractivity contribution < 1.29 is 4.39 Å². The summed E-state index contributed by atoms with van der Waals surface area (Å²) in [6.07, 6.45) is 4.77. The molecule has 2 aromatic heterocycles. The van der Waals surface area contributed by atoms with E-state index in [0.717, 1.165) is 0 Å². The minimum atomic E-state index is -0.327. The van der Waals surface area contributed by atoms with Gasteiger partial charge in [-0.3, -0.25) is 4.98 Å². The van der Waals surface area contributed by atoms with Gasteiger partial charge in [0.15, 0.2) is 5.82 Å². The van der Waals surface area contributed by atoms with Gasteiger partial charge in [-0.2, -0.15) is 0 Å². The van der Waals surface area contributed by atoms with Crippen molar-refractivity contribution in [3.05, 3.63) is 41.0 Å². The van der Waals surface area contributed by atoms with Crippen molar-refractivity contribution in [3.8, 4) is 11.5 Å². The fourth-order valence-corrected chi connectivity index (χ4v) is 1.88. The van der Waals surface area contributed by atoms with Gasteiger partial charge in [0.05, 0.1) is 21.7 Å². The molecule has 2 heterocycles. The number of H-pyrrole nitrogens is 1. The predicted molar refractivity (Wildman–Crippen MR) is 64.8 cm³/mol. The van der Waals surface area contributed by atoms with Crippen LogP contribution in [0.5, 0.6) is 0 Å². The minimum absolute atomic E-state index is 0.327. The monoisotopic (exact) mass is 292 g/mol. The fraction of sp³-hybridized carbons (Fsp3) is 0. The van der Waals surface area contributed by atoms with Gasteiger partial charge in [0.1, 0.15) is 11.5 Å². The molecule has 0 fully saturated rings. The number of nitrogens with zero attached hydrogens (tertiary/aromatic N) is 3. The molecule has 3 rings (SSSR count). The third-order valence-electron chi connectivity index (χ3n) is 2.33. The maximum absolute atomic E-state index is 13.3. The Bertz CT molecular complexity index is 642. The first-order valence-corrected chi connectivity index (χ1v) is 5.64. The number of fused-ring (bicyclic) bond motifs is 1. The quantitative estimate of drug-likeness (QED) is 0.750. The highest BCUT2D eigenvalue weighted by atomic mass is 79.9. The van der Waals surface area contributed by atoms with Crippen molar-refractivity contribution in [2.75, 3.05) is 0 Å². The molecule has 1 N–H and O–H groups in total. The lowest BCUT2D eigenvalue weighted by Crippen LogP contribution is -1.85. The zero-order chi connectivity index (χ0) is 11.8. The highest BCUT2D eigenvalue weighted by molar-refractivity contribution is 9.10. The van der Waals surface area contributed by atoms with Crippen LogP contribution < -0.4 is 0 Å². The Morgan fingerprint density at radius 3 is 2.88 bits per heavy atom. The van der Waals surface area contributed by atoms with Gasteiger partial charge in [-0.15, -0.1) is 0 Å². The molecule has 3 aromatic rings. The summed E-state index contributed by atoms with van der Waals surface area (Å²) in [5, 5.41) is 0. The van der Waals surface area contributed by atoms with Gasteiger partial charge in [0.2, 0.25) is 0 Å². The van der Waals surface area contributed by atoms with Crippen LogP contribution in [0.2, 0.25) is 0 Å². The molecular weight excluding hydrogens is 287 g/mol. The van der Waals surface area contributed by atoms with E-state index in [-0.39, 0.29) is 5.82 Å². The third kappa shape index (κ3) is 1.80. The van der Waals surface area contributed by atoms with Crippen LogP contribution in [0.3, 0.4) is 0 Å². The number of aromatic nitrogens is 4. The van der Waals surface area contributed by atoms with E-state index in [1.165, 1.54) is 6.07 Å². The summed E-state index contributed by atoms with van der Waals surface area (Å²) in [6.45, 7) is 0. The van der Waals surface area contributed by atoms with Gasteiger partial charge in [0, 0.05) is 18.5 Å². The van der Waals surface area contributed by atoms with Crippen LogP contribution in [0.15, 0.2) is 35.2 Å². The zero-order valence-corrected chi connectivity index (χ0v) is 10.1. The van der Waals surface area contributed by atoms with Crippen LogP contribution in [-0.4, -0.2) is 19.9 Å². The van der Waals surface area contributed by atoms with Gasteiger partial charge in [-0.25, -0.2) is 14.4 Å². The van der Waals surface area contributed by atoms with Crippen molar-refractivity contribution in [1.29, 1.82) is 0 Å². The molecule has 6 heteroatoms. The average Bonchev–Trinajstić information content (AvgIpc) is 2.74. The maximum Gasteiger partial charge on any atom is 0.158 e. The molecule has 0 aliphatic carbocycles. The van der Waals surface area contributed by atoms with Crippen LogP contribution in [0, 0.1) is 5.82 Å². The first kappa shape index (κ1) is 10.3. The second-order valence-corrected chi connectivity index (χ2v) is 4.31. The smallest absolute Gasteiger partial charge is 0.158 e. The summed E-state index contributed by atoms with van der Waals surface area (Å²) in [6, 6.07) is 3.02. The lowest BCUT2D eigenvalue weighted by molar-refractivity contribution is 0.623. The Kier molecular flexibility index (Phi) is 2.36. The van der Waals surface area contributed by atoms with Gasteiger partial charge >= 0.3 is 0 Å². The number of halogens is 2. The topological polar surface area (TPSA) is 54.5 Å². The van der Waals surface area contributed by atoms with E-state index in [2.05, 4.69) is 35.9 Å². The van der Waals surface area contributed by atoms with E-state index >= 15 is 0 Å². The molecule has 0 bridgehead atoms. The molecular formula is C11H6BrFN4. The van der Waals surface area contributed by atoms with Crippen molar-refractivity contribution in [3.63, 3.8) is 0 Å². The summed E-state index contributed by atoms with van der Waals surface area (Å²) < 4.78 is 13.7. The molecule has 0 saturated carbocycles. The average molecular weight is 293 g/mol. The molecule has 0 aliphatic heterocycles. The lowest BCUT2D eigenvalue weighted by Gasteiger charge is -1.92. The number of rotatable bonds is 1. The highest BCUT2D eigenvalue weighted by Crippen LogP contribution is 2.24. The third-order valence-corrected chi connectivity index (χ3v) is 2.94. The second kappa shape index (κ2) is 3.89. The summed E-state index contributed by atoms with van der Waals surface area (Å²) in [5.74, 6) is 0.248. The van der Waals surface area contributed by atoms with E-state index in [1.807, 2.05) is 0 Å². The van der Waals surface area contributed by atoms with Gasteiger partial charge in [-0.05, 0) is 22.0 Å². The largest absolute Gasteiger partial charge is 0.337 e. The standard InChI is InChI=1S/C11H6BrFN4/c12-6-3-8-9(4-7(6)13)17-11(16-8)10-5-14-1-2-15-10/h1-5H,(H,16,17). The first-order chi connectivity index (χ1) is 8.24. The van der Waals surface area contributed by atoms with Crippen molar-refractivity contribution >= 4 is 27.0 Å². The molecule has 0 spiro atoms. The Labute approximate surface area is 104 Å². The van der Waals surface area contributed by atoms with E-state index in [9.17, 15) is 4.39 Å². The van der Waals surface area contributed by atoms with Crippen LogP contribution in [0.25, 0.3) is 22.6 Å². The Balaban J connectivity index is 2.21. The summed E-state index contributed by atoms with van der Waals surface area (Å²) in [4.78, 5) is 15.4. The summed E-state index contributed by atoms with van der Waals surface area (Å²) in [5.41, 5.74) is 1.94. The van der Waals surface area contributed by atoms with Crippen LogP contribution in [-0.2, 0) is 0 Å². The fourth-order valence-electron chi connectivity index (χ4n) is 1.55.